The number of aliphatic hydroxyl groups excluding tert-OH is 1. The average Bonchev–Trinajstić information content (AvgIpc) is 2.54. The summed E-state index contributed by atoms with van der Waals surface area (Å²) in [5, 5.41) is 22.1. The van der Waals surface area contributed by atoms with Crippen LogP contribution in [0.3, 0.4) is 0 Å². The third-order valence-corrected chi connectivity index (χ3v) is 3.72. The predicted molar refractivity (Wildman–Crippen MR) is 80.5 cm³/mol. The molecule has 4 nitrogen and oxygen atoms in total. The fourth-order valence-electron chi connectivity index (χ4n) is 2.66. The first-order valence-corrected chi connectivity index (χ1v) is 6.97. The molecule has 2 atom stereocenters. The van der Waals surface area contributed by atoms with Crippen molar-refractivity contribution in [3.63, 3.8) is 0 Å². The van der Waals surface area contributed by atoms with Crippen molar-refractivity contribution < 1.29 is 14.6 Å². The van der Waals surface area contributed by atoms with Gasteiger partial charge in [-0.05, 0) is 24.3 Å². The highest BCUT2D eigenvalue weighted by Crippen LogP contribution is 2.37. The molecular weight excluding hydrogens is 266 g/mol. The van der Waals surface area contributed by atoms with Crippen LogP contribution in [0.2, 0.25) is 0 Å². The van der Waals surface area contributed by atoms with Crippen molar-refractivity contribution in [2.75, 3.05) is 13.2 Å². The number of benzene rings is 2. The Bertz CT molecular complexity index is 639. The number of fused-ring (bicyclic) bond motifs is 1. The number of rotatable bonds is 3. The number of ether oxygens (including phenoxy) is 1. The molecule has 0 saturated carbocycles. The van der Waals surface area contributed by atoms with Crippen LogP contribution in [-0.4, -0.2) is 29.3 Å². The number of hydrogen-bond donors (Lipinski definition) is 1. The molecular formula is C17H17NO3. The lowest BCUT2D eigenvalue weighted by Crippen LogP contribution is -2.34. The molecule has 1 aliphatic rings. The van der Waals surface area contributed by atoms with E-state index in [-0.39, 0.29) is 12.5 Å². The van der Waals surface area contributed by atoms with Crippen molar-refractivity contribution >= 4 is 6.21 Å². The summed E-state index contributed by atoms with van der Waals surface area (Å²) in [4.78, 5) is 0. The number of para-hydroxylation sites is 1. The monoisotopic (exact) mass is 283 g/mol. The van der Waals surface area contributed by atoms with Gasteiger partial charge in [-0.2, -0.15) is 0 Å². The van der Waals surface area contributed by atoms with Crippen LogP contribution in [0.15, 0.2) is 54.6 Å². The highest BCUT2D eigenvalue weighted by Gasteiger charge is 2.36. The van der Waals surface area contributed by atoms with Crippen LogP contribution in [0.5, 0.6) is 5.75 Å². The third kappa shape index (κ3) is 2.76. The molecule has 0 amide bonds. The van der Waals surface area contributed by atoms with E-state index in [1.165, 1.54) is 0 Å². The second-order valence-electron chi connectivity index (χ2n) is 5.14. The van der Waals surface area contributed by atoms with Gasteiger partial charge in [-0.3, -0.25) is 0 Å². The summed E-state index contributed by atoms with van der Waals surface area (Å²) in [6.45, 7) is 0.264. The van der Waals surface area contributed by atoms with Gasteiger partial charge in [0.05, 0.1) is 18.1 Å². The molecule has 1 heterocycles. The van der Waals surface area contributed by atoms with Gasteiger partial charge < -0.3 is 15.1 Å². The predicted octanol–water partition coefficient (Wildman–Crippen LogP) is 2.36. The molecule has 108 valence electrons. The number of aliphatic hydroxyl groups is 1. The van der Waals surface area contributed by atoms with E-state index >= 15 is 0 Å². The Hall–Kier alpha value is -2.33. The molecule has 0 unspecified atom stereocenters. The summed E-state index contributed by atoms with van der Waals surface area (Å²) >= 11 is 0. The molecule has 3 rings (SSSR count). The van der Waals surface area contributed by atoms with Crippen molar-refractivity contribution in [2.24, 2.45) is 5.92 Å². The molecule has 0 aliphatic carbocycles. The maximum atomic E-state index is 12.6. The van der Waals surface area contributed by atoms with E-state index < -0.39 is 6.04 Å². The summed E-state index contributed by atoms with van der Waals surface area (Å²) in [6.07, 6.45) is 1.56. The lowest BCUT2D eigenvalue weighted by atomic mass is 9.91. The van der Waals surface area contributed by atoms with Gasteiger partial charge in [0.2, 0.25) is 0 Å². The van der Waals surface area contributed by atoms with E-state index in [0.717, 1.165) is 21.6 Å². The number of hydroxylamine groups is 1. The molecule has 2 aromatic carbocycles. The second-order valence-corrected chi connectivity index (χ2v) is 5.14. The second kappa shape index (κ2) is 5.97. The van der Waals surface area contributed by atoms with Gasteiger partial charge in [0, 0.05) is 5.56 Å². The standard InChI is InChI=1S/C17H17NO3/c19-11-14-12-21-16-9-5-4-8-15(16)17(14)18(20)10-13-6-2-1-3-7-13/h1-10,14,17,19H,11-12H2/b18-10-/t14-,17-/m1/s1. The van der Waals surface area contributed by atoms with Gasteiger partial charge in [-0.25, -0.2) is 4.74 Å². The zero-order chi connectivity index (χ0) is 14.7. The van der Waals surface area contributed by atoms with Crippen LogP contribution in [0, 0.1) is 11.1 Å². The Morgan fingerprint density at radius 3 is 2.62 bits per heavy atom. The molecule has 4 heteroatoms. The molecule has 21 heavy (non-hydrogen) atoms. The summed E-state index contributed by atoms with van der Waals surface area (Å²) in [6, 6.07) is 16.5. The van der Waals surface area contributed by atoms with Crippen LogP contribution in [0.25, 0.3) is 0 Å². The SMILES string of the molecule is [O-]/[N+](=C\c1ccccc1)[C@H]1c2ccccc2OC[C@H]1CO. The normalized spacial score (nSPS) is 21.5. The minimum absolute atomic E-state index is 0.0830. The molecule has 0 aromatic heterocycles. The van der Waals surface area contributed by atoms with E-state index in [4.69, 9.17) is 4.74 Å². The van der Waals surface area contributed by atoms with Gasteiger partial charge in [0.25, 0.3) is 0 Å². The Balaban J connectivity index is 2.00. The largest absolute Gasteiger partial charge is 0.623 e. The minimum Gasteiger partial charge on any atom is -0.623 e. The average molecular weight is 283 g/mol. The van der Waals surface area contributed by atoms with Gasteiger partial charge in [-0.15, -0.1) is 0 Å². The van der Waals surface area contributed by atoms with Crippen LogP contribution in [0.1, 0.15) is 17.2 Å². The topological polar surface area (TPSA) is 55.5 Å². The Morgan fingerprint density at radius 1 is 1.14 bits per heavy atom. The molecule has 1 N–H and O–H groups in total. The highest BCUT2D eigenvalue weighted by molar-refractivity contribution is 5.75. The lowest BCUT2D eigenvalue weighted by Gasteiger charge is -2.30. The van der Waals surface area contributed by atoms with Crippen LogP contribution < -0.4 is 4.74 Å². The first-order valence-electron chi connectivity index (χ1n) is 6.97. The van der Waals surface area contributed by atoms with Crippen LogP contribution in [0.4, 0.5) is 0 Å². The van der Waals surface area contributed by atoms with Crippen molar-refractivity contribution in [3.05, 3.63) is 70.9 Å². The smallest absolute Gasteiger partial charge is 0.200 e. The maximum absolute atomic E-state index is 12.6. The number of hydrogen-bond acceptors (Lipinski definition) is 3. The van der Waals surface area contributed by atoms with E-state index in [1.54, 1.807) is 6.21 Å². The number of nitrogens with zero attached hydrogens (tertiary/aromatic N) is 1. The Labute approximate surface area is 123 Å². The highest BCUT2D eigenvalue weighted by atomic mass is 16.5. The third-order valence-electron chi connectivity index (χ3n) is 3.72. The molecule has 2 aromatic rings. The van der Waals surface area contributed by atoms with Gasteiger partial charge in [0.15, 0.2) is 12.3 Å². The Morgan fingerprint density at radius 2 is 1.86 bits per heavy atom. The first kappa shape index (κ1) is 13.6. The van der Waals surface area contributed by atoms with Crippen LogP contribution in [-0.2, 0) is 0 Å². The zero-order valence-electron chi connectivity index (χ0n) is 11.6. The fraction of sp³-hybridized carbons (Fsp3) is 0.235. The van der Waals surface area contributed by atoms with Crippen molar-refractivity contribution in [2.45, 2.75) is 6.04 Å². The van der Waals surface area contributed by atoms with Crippen LogP contribution >= 0.6 is 0 Å². The van der Waals surface area contributed by atoms with Gasteiger partial charge in [0.1, 0.15) is 12.4 Å². The quantitative estimate of drug-likeness (QED) is 0.407. The zero-order valence-corrected chi connectivity index (χ0v) is 11.6. The fourth-order valence-corrected chi connectivity index (χ4v) is 2.66. The summed E-state index contributed by atoms with van der Waals surface area (Å²) in [5.41, 5.74) is 1.66. The van der Waals surface area contributed by atoms with Crippen molar-refractivity contribution in [3.8, 4) is 5.75 Å². The molecule has 0 spiro atoms. The van der Waals surface area contributed by atoms with E-state index in [0.29, 0.717) is 6.61 Å². The summed E-state index contributed by atoms with van der Waals surface area (Å²) in [5.74, 6) is 0.479. The van der Waals surface area contributed by atoms with E-state index in [2.05, 4.69) is 0 Å². The summed E-state index contributed by atoms with van der Waals surface area (Å²) in [7, 11) is 0. The van der Waals surface area contributed by atoms with E-state index in [1.807, 2.05) is 54.6 Å². The maximum Gasteiger partial charge on any atom is 0.200 e. The lowest BCUT2D eigenvalue weighted by molar-refractivity contribution is -0.517. The molecule has 0 radical (unpaired) electrons. The molecule has 0 fully saturated rings. The van der Waals surface area contributed by atoms with E-state index in [9.17, 15) is 10.3 Å². The molecule has 1 aliphatic heterocycles. The first-order chi connectivity index (χ1) is 10.3. The van der Waals surface area contributed by atoms with Crippen molar-refractivity contribution in [1.29, 1.82) is 0 Å². The van der Waals surface area contributed by atoms with Gasteiger partial charge in [-0.1, -0.05) is 30.3 Å². The van der Waals surface area contributed by atoms with Crippen molar-refractivity contribution in [1.82, 2.24) is 0 Å². The molecule has 0 saturated heterocycles. The Kier molecular flexibility index (Phi) is 3.88. The molecule has 0 bridgehead atoms. The van der Waals surface area contributed by atoms with Gasteiger partial charge >= 0.3 is 0 Å². The minimum atomic E-state index is -0.430. The summed E-state index contributed by atoms with van der Waals surface area (Å²) < 4.78 is 6.55.